The van der Waals surface area contributed by atoms with Crippen LogP contribution in [0, 0.1) is 5.41 Å². The molecule has 0 N–H and O–H groups in total. The highest BCUT2D eigenvalue weighted by atomic mass is 19.4. The maximum Gasteiger partial charge on any atom is 0.417 e. The molecule has 0 saturated carbocycles. The van der Waals surface area contributed by atoms with Gasteiger partial charge < -0.3 is 9.80 Å². The Hall–Kier alpha value is -2.05. The molecule has 4 nitrogen and oxygen atoms in total. The van der Waals surface area contributed by atoms with Gasteiger partial charge in [-0.15, -0.1) is 0 Å². The van der Waals surface area contributed by atoms with Crippen molar-refractivity contribution in [1.29, 1.82) is 0 Å². The molecule has 0 bridgehead atoms. The first-order valence-corrected chi connectivity index (χ1v) is 8.43. The fraction of sp³-hybridized carbons (Fsp3) is 0.556. The van der Waals surface area contributed by atoms with Crippen molar-refractivity contribution in [3.63, 3.8) is 0 Å². The second-order valence-electron chi connectivity index (χ2n) is 7.06. The molecule has 3 rings (SSSR count). The Bertz CT molecular complexity index is 689. The van der Waals surface area contributed by atoms with Crippen LogP contribution in [0.1, 0.15) is 42.1 Å². The third-order valence-corrected chi connectivity index (χ3v) is 5.30. The van der Waals surface area contributed by atoms with Crippen LogP contribution in [-0.2, 0) is 11.0 Å². The van der Waals surface area contributed by atoms with Gasteiger partial charge in [-0.25, -0.2) is 0 Å². The maximum absolute atomic E-state index is 13.2. The standard InChI is InChI=1S/C18H21F3N2O2/c1-13(24)22-10-8-17(11-22)7-4-9-23(12-17)16(25)14-5-2-3-6-15(14)18(19,20)21/h2-3,5-6H,4,7-12H2,1H3. The Morgan fingerprint density at radius 3 is 2.36 bits per heavy atom. The van der Waals surface area contributed by atoms with Crippen molar-refractivity contribution >= 4 is 11.8 Å². The number of hydrogen-bond acceptors (Lipinski definition) is 2. The fourth-order valence-corrected chi connectivity index (χ4v) is 4.01. The zero-order valence-corrected chi connectivity index (χ0v) is 14.1. The van der Waals surface area contributed by atoms with Gasteiger partial charge in [0.15, 0.2) is 0 Å². The summed E-state index contributed by atoms with van der Waals surface area (Å²) in [6.45, 7) is 3.60. The molecule has 1 spiro atoms. The van der Waals surface area contributed by atoms with Gasteiger partial charge in [0.2, 0.25) is 5.91 Å². The van der Waals surface area contributed by atoms with E-state index < -0.39 is 17.6 Å². The first-order valence-electron chi connectivity index (χ1n) is 8.43. The van der Waals surface area contributed by atoms with Crippen LogP contribution in [-0.4, -0.2) is 47.8 Å². The van der Waals surface area contributed by atoms with E-state index in [0.29, 0.717) is 26.2 Å². The molecule has 7 heteroatoms. The monoisotopic (exact) mass is 354 g/mol. The molecule has 1 aromatic carbocycles. The molecule has 1 aromatic rings. The first kappa shape index (κ1) is 17.8. The van der Waals surface area contributed by atoms with E-state index in [2.05, 4.69) is 0 Å². The Morgan fingerprint density at radius 2 is 1.72 bits per heavy atom. The topological polar surface area (TPSA) is 40.6 Å². The smallest absolute Gasteiger partial charge is 0.342 e. The molecule has 1 atom stereocenters. The largest absolute Gasteiger partial charge is 0.417 e. The van der Waals surface area contributed by atoms with E-state index in [9.17, 15) is 22.8 Å². The summed E-state index contributed by atoms with van der Waals surface area (Å²) >= 11 is 0. The highest BCUT2D eigenvalue weighted by Crippen LogP contribution is 2.40. The van der Waals surface area contributed by atoms with E-state index in [0.717, 1.165) is 25.3 Å². The molecule has 2 aliphatic heterocycles. The van der Waals surface area contributed by atoms with Crippen LogP contribution >= 0.6 is 0 Å². The predicted octanol–water partition coefficient (Wildman–Crippen LogP) is 3.18. The molecular formula is C18H21F3N2O2. The van der Waals surface area contributed by atoms with E-state index in [4.69, 9.17) is 0 Å². The fourth-order valence-electron chi connectivity index (χ4n) is 4.01. The van der Waals surface area contributed by atoms with Crippen molar-refractivity contribution in [2.75, 3.05) is 26.2 Å². The summed E-state index contributed by atoms with van der Waals surface area (Å²) in [6.07, 6.45) is -2.14. The summed E-state index contributed by atoms with van der Waals surface area (Å²) in [5.74, 6) is -0.573. The molecule has 2 aliphatic rings. The Labute approximate surface area is 144 Å². The third-order valence-electron chi connectivity index (χ3n) is 5.30. The molecule has 1 unspecified atom stereocenters. The van der Waals surface area contributed by atoms with Crippen molar-refractivity contribution < 1.29 is 22.8 Å². The van der Waals surface area contributed by atoms with Crippen LogP contribution in [0.4, 0.5) is 13.2 Å². The first-order chi connectivity index (χ1) is 11.7. The molecule has 2 heterocycles. The summed E-state index contributed by atoms with van der Waals surface area (Å²) in [4.78, 5) is 27.6. The maximum atomic E-state index is 13.2. The lowest BCUT2D eigenvalue weighted by molar-refractivity contribution is -0.138. The van der Waals surface area contributed by atoms with Gasteiger partial charge >= 0.3 is 6.18 Å². The SMILES string of the molecule is CC(=O)N1CCC2(CCCN(C(=O)c3ccccc3C(F)(F)F)C2)C1. The van der Waals surface area contributed by atoms with Crippen LogP contribution in [0.25, 0.3) is 0 Å². The average molecular weight is 354 g/mol. The van der Waals surface area contributed by atoms with Gasteiger partial charge in [-0.1, -0.05) is 12.1 Å². The average Bonchev–Trinajstić information content (AvgIpc) is 2.97. The normalized spacial score (nSPS) is 24.0. The molecule has 2 amide bonds. The number of hydrogen-bond donors (Lipinski definition) is 0. The minimum Gasteiger partial charge on any atom is -0.342 e. The van der Waals surface area contributed by atoms with Crippen molar-refractivity contribution in [3.8, 4) is 0 Å². The second-order valence-corrected chi connectivity index (χ2v) is 7.06. The minimum absolute atomic E-state index is 0.00254. The summed E-state index contributed by atoms with van der Waals surface area (Å²) in [6, 6.07) is 4.93. The molecule has 2 fully saturated rings. The minimum atomic E-state index is -4.56. The van der Waals surface area contributed by atoms with E-state index in [1.807, 2.05) is 0 Å². The van der Waals surface area contributed by atoms with Gasteiger partial charge in [0.25, 0.3) is 5.91 Å². The van der Waals surface area contributed by atoms with Gasteiger partial charge in [0.1, 0.15) is 0 Å². The van der Waals surface area contributed by atoms with Crippen molar-refractivity contribution in [2.24, 2.45) is 5.41 Å². The highest BCUT2D eigenvalue weighted by molar-refractivity contribution is 5.96. The Morgan fingerprint density at radius 1 is 1.04 bits per heavy atom. The lowest BCUT2D eigenvalue weighted by atomic mass is 9.79. The lowest BCUT2D eigenvalue weighted by Crippen LogP contribution is -2.48. The van der Waals surface area contributed by atoms with Crippen LogP contribution in [0.5, 0.6) is 0 Å². The number of alkyl halides is 3. The number of piperidine rings is 1. The van der Waals surface area contributed by atoms with Crippen LogP contribution < -0.4 is 0 Å². The number of rotatable bonds is 1. The predicted molar refractivity (Wildman–Crippen MR) is 85.9 cm³/mol. The van der Waals surface area contributed by atoms with Crippen LogP contribution in [0.15, 0.2) is 24.3 Å². The van der Waals surface area contributed by atoms with Crippen LogP contribution in [0.2, 0.25) is 0 Å². The highest BCUT2D eigenvalue weighted by Gasteiger charge is 2.44. The molecule has 136 valence electrons. The summed E-state index contributed by atoms with van der Waals surface area (Å²) in [5, 5.41) is 0. The van der Waals surface area contributed by atoms with Gasteiger partial charge in [-0.05, 0) is 31.4 Å². The van der Waals surface area contributed by atoms with Crippen LogP contribution in [0.3, 0.4) is 0 Å². The molecule has 0 aromatic heterocycles. The number of nitrogens with zero attached hydrogens (tertiary/aromatic N) is 2. The van der Waals surface area contributed by atoms with E-state index >= 15 is 0 Å². The number of carbonyl (C=O) groups excluding carboxylic acids is 2. The number of benzene rings is 1. The number of likely N-dealkylation sites (tertiary alicyclic amines) is 2. The quantitative estimate of drug-likeness (QED) is 0.777. The summed E-state index contributed by atoms with van der Waals surface area (Å²) in [5.41, 5.74) is -1.38. The molecule has 0 radical (unpaired) electrons. The summed E-state index contributed by atoms with van der Waals surface area (Å²) in [7, 11) is 0. The van der Waals surface area contributed by atoms with Crippen molar-refractivity contribution in [3.05, 3.63) is 35.4 Å². The zero-order valence-electron chi connectivity index (χ0n) is 14.1. The van der Waals surface area contributed by atoms with Gasteiger partial charge in [0.05, 0.1) is 11.1 Å². The summed E-state index contributed by atoms with van der Waals surface area (Å²) < 4.78 is 39.6. The van der Waals surface area contributed by atoms with Crippen molar-refractivity contribution in [2.45, 2.75) is 32.4 Å². The lowest BCUT2D eigenvalue weighted by Gasteiger charge is -2.40. The van der Waals surface area contributed by atoms with E-state index in [1.165, 1.54) is 30.0 Å². The number of halogens is 3. The molecule has 25 heavy (non-hydrogen) atoms. The molecule has 0 aliphatic carbocycles. The Kier molecular flexibility index (Phi) is 4.51. The van der Waals surface area contributed by atoms with Gasteiger partial charge in [-0.2, -0.15) is 13.2 Å². The zero-order chi connectivity index (χ0) is 18.2. The van der Waals surface area contributed by atoms with Gasteiger partial charge in [0, 0.05) is 38.5 Å². The van der Waals surface area contributed by atoms with E-state index in [1.54, 1.807) is 4.90 Å². The van der Waals surface area contributed by atoms with E-state index in [-0.39, 0.29) is 16.9 Å². The number of amides is 2. The third kappa shape index (κ3) is 3.50. The van der Waals surface area contributed by atoms with Gasteiger partial charge in [-0.3, -0.25) is 9.59 Å². The number of carbonyl (C=O) groups is 2. The van der Waals surface area contributed by atoms with Crippen molar-refractivity contribution in [1.82, 2.24) is 9.80 Å². The molecular weight excluding hydrogens is 333 g/mol. The second kappa shape index (κ2) is 6.35. The Balaban J connectivity index is 1.81. The molecule has 2 saturated heterocycles.